The van der Waals surface area contributed by atoms with Gasteiger partial charge in [0.15, 0.2) is 0 Å². The first kappa shape index (κ1) is 13.0. The van der Waals surface area contributed by atoms with Crippen molar-refractivity contribution in [1.82, 2.24) is 19.7 Å². The van der Waals surface area contributed by atoms with E-state index in [-0.39, 0.29) is 6.10 Å². The summed E-state index contributed by atoms with van der Waals surface area (Å²) in [5, 5.41) is 14.8. The SMILES string of the molecule is OC(c1cc2n(n1)CCN(Cc1ccncc1)C2)C1CC1. The van der Waals surface area contributed by atoms with Crippen LogP contribution in [0, 0.1) is 5.92 Å². The number of aliphatic hydroxyl groups excluding tert-OH is 1. The lowest BCUT2D eigenvalue weighted by atomic mass is 10.1. The van der Waals surface area contributed by atoms with Crippen LogP contribution in [0.2, 0.25) is 0 Å². The van der Waals surface area contributed by atoms with E-state index in [4.69, 9.17) is 0 Å². The first-order chi connectivity index (χ1) is 10.3. The molecule has 0 aromatic carbocycles. The minimum absolute atomic E-state index is 0.364. The number of pyridine rings is 1. The third-order valence-electron chi connectivity index (χ3n) is 4.42. The topological polar surface area (TPSA) is 54.2 Å². The molecular formula is C16H20N4O. The summed E-state index contributed by atoms with van der Waals surface area (Å²) in [6.07, 6.45) is 5.59. The highest BCUT2D eigenvalue weighted by atomic mass is 16.3. The molecule has 1 aliphatic heterocycles. The number of aromatic nitrogens is 3. The van der Waals surface area contributed by atoms with E-state index in [0.717, 1.165) is 44.7 Å². The van der Waals surface area contributed by atoms with Crippen molar-refractivity contribution in [2.45, 2.75) is 38.6 Å². The lowest BCUT2D eigenvalue weighted by molar-refractivity contribution is 0.147. The molecule has 3 heterocycles. The van der Waals surface area contributed by atoms with Gasteiger partial charge in [-0.25, -0.2) is 0 Å². The molecule has 1 aliphatic carbocycles. The molecule has 1 atom stereocenters. The van der Waals surface area contributed by atoms with E-state index in [1.54, 1.807) is 0 Å². The molecule has 2 aliphatic rings. The molecule has 0 saturated heterocycles. The van der Waals surface area contributed by atoms with Crippen molar-refractivity contribution in [3.05, 3.63) is 47.5 Å². The summed E-state index contributed by atoms with van der Waals surface area (Å²) in [6.45, 7) is 3.73. The van der Waals surface area contributed by atoms with Crippen molar-refractivity contribution in [2.24, 2.45) is 5.92 Å². The Morgan fingerprint density at radius 2 is 2.05 bits per heavy atom. The van der Waals surface area contributed by atoms with Crippen LogP contribution in [-0.2, 0) is 19.6 Å². The van der Waals surface area contributed by atoms with Crippen LogP contribution in [0.1, 0.15) is 35.9 Å². The molecule has 0 bridgehead atoms. The molecule has 2 aromatic heterocycles. The van der Waals surface area contributed by atoms with Crippen LogP contribution in [0.25, 0.3) is 0 Å². The van der Waals surface area contributed by atoms with Gasteiger partial charge in [0.25, 0.3) is 0 Å². The quantitative estimate of drug-likeness (QED) is 0.929. The highest BCUT2D eigenvalue weighted by molar-refractivity contribution is 5.17. The Bertz CT molecular complexity index is 620. The van der Waals surface area contributed by atoms with Gasteiger partial charge in [-0.1, -0.05) is 0 Å². The van der Waals surface area contributed by atoms with Crippen LogP contribution in [0.3, 0.4) is 0 Å². The van der Waals surface area contributed by atoms with Gasteiger partial charge in [-0.05, 0) is 42.5 Å². The maximum atomic E-state index is 10.2. The predicted molar refractivity (Wildman–Crippen MR) is 78.3 cm³/mol. The predicted octanol–water partition coefficient (Wildman–Crippen LogP) is 1.74. The van der Waals surface area contributed by atoms with Crippen molar-refractivity contribution in [3.8, 4) is 0 Å². The fraction of sp³-hybridized carbons (Fsp3) is 0.500. The van der Waals surface area contributed by atoms with E-state index in [2.05, 4.69) is 37.9 Å². The summed E-state index contributed by atoms with van der Waals surface area (Å²) in [5.74, 6) is 0.440. The maximum Gasteiger partial charge on any atom is 0.101 e. The molecule has 2 aromatic rings. The summed E-state index contributed by atoms with van der Waals surface area (Å²) in [5.41, 5.74) is 3.36. The summed E-state index contributed by atoms with van der Waals surface area (Å²) >= 11 is 0. The maximum absolute atomic E-state index is 10.2. The van der Waals surface area contributed by atoms with Crippen LogP contribution < -0.4 is 0 Å². The van der Waals surface area contributed by atoms with E-state index in [0.29, 0.717) is 5.92 Å². The lowest BCUT2D eigenvalue weighted by Crippen LogP contribution is -2.33. The molecule has 21 heavy (non-hydrogen) atoms. The van der Waals surface area contributed by atoms with Crippen molar-refractivity contribution < 1.29 is 5.11 Å². The van der Waals surface area contributed by atoms with Gasteiger partial charge < -0.3 is 5.11 Å². The van der Waals surface area contributed by atoms with Crippen molar-refractivity contribution >= 4 is 0 Å². The molecule has 0 amide bonds. The first-order valence-electron chi connectivity index (χ1n) is 7.65. The fourth-order valence-corrected chi connectivity index (χ4v) is 3.02. The van der Waals surface area contributed by atoms with Crippen molar-refractivity contribution in [2.75, 3.05) is 6.54 Å². The van der Waals surface area contributed by atoms with E-state index in [9.17, 15) is 5.11 Å². The van der Waals surface area contributed by atoms with Gasteiger partial charge in [-0.3, -0.25) is 14.6 Å². The highest BCUT2D eigenvalue weighted by Gasteiger charge is 2.33. The second kappa shape index (κ2) is 5.24. The molecule has 1 N–H and O–H groups in total. The van der Waals surface area contributed by atoms with Crippen molar-refractivity contribution in [1.29, 1.82) is 0 Å². The first-order valence-corrected chi connectivity index (χ1v) is 7.65. The van der Waals surface area contributed by atoms with Gasteiger partial charge in [0, 0.05) is 32.0 Å². The Labute approximate surface area is 124 Å². The molecule has 1 unspecified atom stereocenters. The second-order valence-electron chi connectivity index (χ2n) is 6.13. The molecule has 110 valence electrons. The summed E-state index contributed by atoms with van der Waals surface area (Å²) in [7, 11) is 0. The molecular weight excluding hydrogens is 264 g/mol. The summed E-state index contributed by atoms with van der Waals surface area (Å²) < 4.78 is 2.06. The minimum Gasteiger partial charge on any atom is -0.386 e. The molecule has 1 fully saturated rings. The van der Waals surface area contributed by atoms with Crippen LogP contribution in [0.5, 0.6) is 0 Å². The van der Waals surface area contributed by atoms with Crippen LogP contribution in [0.4, 0.5) is 0 Å². The Morgan fingerprint density at radius 3 is 2.81 bits per heavy atom. The van der Waals surface area contributed by atoms with Gasteiger partial charge in [0.05, 0.1) is 17.9 Å². The monoisotopic (exact) mass is 284 g/mol. The Kier molecular flexibility index (Phi) is 3.24. The van der Waals surface area contributed by atoms with Crippen LogP contribution in [-0.4, -0.2) is 31.3 Å². The lowest BCUT2D eigenvalue weighted by Gasteiger charge is -2.27. The zero-order valence-corrected chi connectivity index (χ0v) is 12.0. The average Bonchev–Trinajstić information content (AvgIpc) is 3.27. The van der Waals surface area contributed by atoms with Gasteiger partial charge in [-0.2, -0.15) is 5.10 Å². The van der Waals surface area contributed by atoms with E-state index < -0.39 is 0 Å². The zero-order valence-electron chi connectivity index (χ0n) is 12.0. The highest BCUT2D eigenvalue weighted by Crippen LogP contribution is 2.40. The normalized spacial score (nSPS) is 20.2. The largest absolute Gasteiger partial charge is 0.386 e. The van der Waals surface area contributed by atoms with Gasteiger partial charge >= 0.3 is 0 Å². The molecule has 4 rings (SSSR count). The molecule has 0 spiro atoms. The Balaban J connectivity index is 1.47. The van der Waals surface area contributed by atoms with E-state index in [1.165, 1.54) is 11.3 Å². The summed E-state index contributed by atoms with van der Waals surface area (Å²) in [6, 6.07) is 6.21. The third-order valence-corrected chi connectivity index (χ3v) is 4.42. The standard InChI is InChI=1S/C16H20N4O/c21-16(13-1-2-13)15-9-14-11-19(7-8-20(14)18-15)10-12-3-5-17-6-4-12/h3-6,9,13,16,21H,1-2,7-8,10-11H2. The zero-order chi connectivity index (χ0) is 14.2. The fourth-order valence-electron chi connectivity index (χ4n) is 3.02. The number of hydrogen-bond acceptors (Lipinski definition) is 4. The molecule has 5 heteroatoms. The molecule has 1 saturated carbocycles. The van der Waals surface area contributed by atoms with E-state index >= 15 is 0 Å². The third kappa shape index (κ3) is 2.71. The number of fused-ring (bicyclic) bond motifs is 1. The minimum atomic E-state index is -0.364. The van der Waals surface area contributed by atoms with Gasteiger partial charge in [0.1, 0.15) is 6.10 Å². The number of aliphatic hydroxyl groups is 1. The number of rotatable bonds is 4. The number of nitrogens with zero attached hydrogens (tertiary/aromatic N) is 4. The Hall–Kier alpha value is -1.72. The number of hydrogen-bond donors (Lipinski definition) is 1. The smallest absolute Gasteiger partial charge is 0.101 e. The van der Waals surface area contributed by atoms with Crippen molar-refractivity contribution in [3.63, 3.8) is 0 Å². The van der Waals surface area contributed by atoms with Crippen LogP contribution >= 0.6 is 0 Å². The van der Waals surface area contributed by atoms with Gasteiger partial charge in [-0.15, -0.1) is 0 Å². The Morgan fingerprint density at radius 1 is 1.24 bits per heavy atom. The van der Waals surface area contributed by atoms with Gasteiger partial charge in [0.2, 0.25) is 0 Å². The van der Waals surface area contributed by atoms with Crippen LogP contribution in [0.15, 0.2) is 30.6 Å². The van der Waals surface area contributed by atoms with E-state index in [1.807, 2.05) is 12.4 Å². The molecule has 5 nitrogen and oxygen atoms in total. The molecule has 0 radical (unpaired) electrons. The average molecular weight is 284 g/mol. The second-order valence-corrected chi connectivity index (χ2v) is 6.13. The summed E-state index contributed by atoms with van der Waals surface area (Å²) in [4.78, 5) is 6.48.